The van der Waals surface area contributed by atoms with Crippen LogP contribution < -0.4 is 4.72 Å². The lowest BCUT2D eigenvalue weighted by Gasteiger charge is -2.38. The van der Waals surface area contributed by atoms with Crippen LogP contribution in [0.4, 0.5) is 10.1 Å². The summed E-state index contributed by atoms with van der Waals surface area (Å²) in [6.07, 6.45) is 2.15. The summed E-state index contributed by atoms with van der Waals surface area (Å²) in [6.45, 7) is 6.69. The van der Waals surface area contributed by atoms with Gasteiger partial charge in [0.1, 0.15) is 11.4 Å². The number of nitro groups is 1. The SMILES string of the molecule is C[S@@](=O)N[C@](C)(c1cc([N+](=O)[O-])ccc1F)C1(C(=O)OC(C)(C)C)CC1. The standard InChI is InChI=1S/C17H23FN2O5S/c1-15(2,3)25-14(21)17(8-9-17)16(4,19-26(5)24)12-10-11(20(22)23)6-7-13(12)18/h6-7,10,19H,8-9H2,1-5H3/t16-,26-/m1/s1. The molecule has 0 aliphatic heterocycles. The number of ether oxygens (including phenoxy) is 1. The van der Waals surface area contributed by atoms with Crippen molar-refractivity contribution in [3.8, 4) is 0 Å². The second-order valence-corrected chi connectivity index (χ2v) is 8.80. The molecule has 144 valence electrons. The second kappa shape index (κ2) is 6.70. The van der Waals surface area contributed by atoms with Crippen molar-refractivity contribution in [1.82, 2.24) is 4.72 Å². The van der Waals surface area contributed by atoms with E-state index in [9.17, 15) is 23.5 Å². The van der Waals surface area contributed by atoms with E-state index in [1.54, 1.807) is 20.8 Å². The Balaban J connectivity index is 2.60. The van der Waals surface area contributed by atoms with E-state index in [-0.39, 0.29) is 11.3 Å². The highest BCUT2D eigenvalue weighted by Crippen LogP contribution is 2.60. The van der Waals surface area contributed by atoms with Crippen molar-refractivity contribution in [2.45, 2.75) is 51.7 Å². The molecule has 9 heteroatoms. The number of benzene rings is 1. The maximum absolute atomic E-state index is 14.6. The third kappa shape index (κ3) is 3.78. The minimum atomic E-state index is -1.60. The van der Waals surface area contributed by atoms with Crippen molar-refractivity contribution >= 4 is 22.6 Å². The molecule has 1 aromatic rings. The van der Waals surface area contributed by atoms with Gasteiger partial charge in [-0.1, -0.05) is 0 Å². The minimum Gasteiger partial charge on any atom is -0.459 e. The van der Waals surface area contributed by atoms with Crippen molar-refractivity contribution in [3.63, 3.8) is 0 Å². The highest BCUT2D eigenvalue weighted by molar-refractivity contribution is 7.82. The van der Waals surface area contributed by atoms with Gasteiger partial charge >= 0.3 is 5.97 Å². The molecular formula is C17H23FN2O5S. The lowest BCUT2D eigenvalue weighted by molar-refractivity contribution is -0.385. The van der Waals surface area contributed by atoms with E-state index in [4.69, 9.17) is 4.74 Å². The highest BCUT2D eigenvalue weighted by Gasteiger charge is 2.65. The van der Waals surface area contributed by atoms with E-state index in [0.29, 0.717) is 12.8 Å². The fourth-order valence-electron chi connectivity index (χ4n) is 3.12. The van der Waals surface area contributed by atoms with Gasteiger partial charge in [-0.25, -0.2) is 13.3 Å². The van der Waals surface area contributed by atoms with E-state index in [1.807, 2.05) is 0 Å². The average Bonchev–Trinajstić information content (AvgIpc) is 3.26. The first-order valence-corrected chi connectivity index (χ1v) is 9.67. The number of esters is 1. The molecule has 0 spiro atoms. The molecule has 26 heavy (non-hydrogen) atoms. The van der Waals surface area contributed by atoms with E-state index < -0.39 is 44.3 Å². The fourth-order valence-corrected chi connectivity index (χ4v) is 4.00. The zero-order valence-electron chi connectivity index (χ0n) is 15.4. The number of non-ortho nitro benzene ring substituents is 1. The number of nitro benzene ring substituents is 1. The van der Waals surface area contributed by atoms with Gasteiger partial charge in [0.05, 0.1) is 26.9 Å². The first-order chi connectivity index (χ1) is 11.8. The molecule has 1 aliphatic carbocycles. The Morgan fingerprint density at radius 3 is 2.35 bits per heavy atom. The first kappa shape index (κ1) is 20.4. The summed E-state index contributed by atoms with van der Waals surface area (Å²) < 4.78 is 34.8. The zero-order valence-corrected chi connectivity index (χ0v) is 16.2. The van der Waals surface area contributed by atoms with Gasteiger partial charge in [0.2, 0.25) is 0 Å². The van der Waals surface area contributed by atoms with E-state index in [2.05, 4.69) is 4.72 Å². The minimum absolute atomic E-state index is 0.0785. The highest BCUT2D eigenvalue weighted by atomic mass is 32.2. The smallest absolute Gasteiger partial charge is 0.314 e. The molecule has 0 heterocycles. The summed E-state index contributed by atoms with van der Waals surface area (Å²) in [6, 6.07) is 3.12. The molecule has 1 saturated carbocycles. The molecule has 0 saturated heterocycles. The van der Waals surface area contributed by atoms with Crippen LogP contribution in [0.25, 0.3) is 0 Å². The first-order valence-electron chi connectivity index (χ1n) is 8.11. The maximum Gasteiger partial charge on any atom is 0.314 e. The van der Waals surface area contributed by atoms with Crippen LogP contribution in [0, 0.1) is 21.3 Å². The van der Waals surface area contributed by atoms with Gasteiger partial charge in [-0.15, -0.1) is 0 Å². The Bertz CT molecular complexity index is 773. The summed E-state index contributed by atoms with van der Waals surface area (Å²) in [5.41, 5.74) is -3.71. The van der Waals surface area contributed by atoms with Crippen molar-refractivity contribution in [2.75, 3.05) is 6.26 Å². The zero-order chi connectivity index (χ0) is 19.9. The van der Waals surface area contributed by atoms with Crippen molar-refractivity contribution in [1.29, 1.82) is 0 Å². The Morgan fingerprint density at radius 2 is 1.92 bits per heavy atom. The maximum atomic E-state index is 14.6. The van der Waals surface area contributed by atoms with Crippen LogP contribution in [0.3, 0.4) is 0 Å². The molecule has 2 atom stereocenters. The molecule has 1 N–H and O–H groups in total. The fraction of sp³-hybridized carbons (Fsp3) is 0.588. The Kier molecular flexibility index (Phi) is 5.26. The lowest BCUT2D eigenvalue weighted by atomic mass is 9.77. The van der Waals surface area contributed by atoms with Crippen LogP contribution in [0.1, 0.15) is 46.1 Å². The average molecular weight is 386 g/mol. The summed E-state index contributed by atoms with van der Waals surface area (Å²) in [4.78, 5) is 23.3. The molecule has 0 radical (unpaired) electrons. The van der Waals surface area contributed by atoms with Crippen LogP contribution in [0.2, 0.25) is 0 Å². The third-order valence-corrected chi connectivity index (χ3v) is 5.24. The summed E-state index contributed by atoms with van der Waals surface area (Å²) in [5.74, 6) is -1.26. The third-order valence-electron chi connectivity index (χ3n) is 4.54. The molecular weight excluding hydrogens is 363 g/mol. The Labute approximate surface area is 154 Å². The van der Waals surface area contributed by atoms with Gasteiger partial charge in [0.25, 0.3) is 5.69 Å². The quantitative estimate of drug-likeness (QED) is 0.460. The predicted octanol–water partition coefficient (Wildman–Crippen LogP) is 2.95. The van der Waals surface area contributed by atoms with Crippen LogP contribution in [0.15, 0.2) is 18.2 Å². The summed E-state index contributed by atoms with van der Waals surface area (Å²) >= 11 is 0. The van der Waals surface area contributed by atoms with E-state index in [1.165, 1.54) is 13.2 Å². The topological polar surface area (TPSA) is 98.5 Å². The lowest BCUT2D eigenvalue weighted by Crippen LogP contribution is -2.53. The summed E-state index contributed by atoms with van der Waals surface area (Å²) in [7, 11) is -1.60. The second-order valence-electron chi connectivity index (χ2n) is 7.69. The van der Waals surface area contributed by atoms with Gasteiger partial charge in [0.15, 0.2) is 0 Å². The van der Waals surface area contributed by atoms with Gasteiger partial charge in [0, 0.05) is 24.0 Å². The molecule has 0 unspecified atom stereocenters. The van der Waals surface area contributed by atoms with Gasteiger partial charge in [-0.2, -0.15) is 0 Å². The van der Waals surface area contributed by atoms with Crippen molar-refractivity contribution in [2.24, 2.45) is 5.41 Å². The van der Waals surface area contributed by atoms with Crippen LogP contribution in [0.5, 0.6) is 0 Å². The van der Waals surface area contributed by atoms with Crippen LogP contribution in [-0.2, 0) is 26.1 Å². The molecule has 1 fully saturated rings. The number of hydrogen-bond donors (Lipinski definition) is 1. The molecule has 7 nitrogen and oxygen atoms in total. The van der Waals surface area contributed by atoms with Crippen LogP contribution in [-0.4, -0.2) is 27.0 Å². The Morgan fingerprint density at radius 1 is 1.35 bits per heavy atom. The number of nitrogens with zero attached hydrogens (tertiary/aromatic N) is 1. The normalized spacial score (nSPS) is 19.3. The van der Waals surface area contributed by atoms with E-state index >= 15 is 0 Å². The Hall–Kier alpha value is -1.87. The largest absolute Gasteiger partial charge is 0.459 e. The molecule has 1 aliphatic rings. The van der Waals surface area contributed by atoms with Crippen molar-refractivity contribution in [3.05, 3.63) is 39.7 Å². The number of carbonyl (C=O) groups is 1. The number of halogens is 1. The molecule has 1 aromatic carbocycles. The molecule has 0 amide bonds. The number of carbonyl (C=O) groups excluding carboxylic acids is 1. The van der Waals surface area contributed by atoms with Gasteiger partial charge in [-0.05, 0) is 46.6 Å². The van der Waals surface area contributed by atoms with Crippen molar-refractivity contribution < 1.29 is 23.1 Å². The number of rotatable bonds is 6. The molecule has 2 rings (SSSR count). The predicted molar refractivity (Wildman–Crippen MR) is 95.1 cm³/mol. The van der Waals surface area contributed by atoms with Gasteiger partial charge < -0.3 is 4.74 Å². The monoisotopic (exact) mass is 386 g/mol. The van der Waals surface area contributed by atoms with Gasteiger partial charge in [-0.3, -0.25) is 14.9 Å². The number of hydrogen-bond acceptors (Lipinski definition) is 5. The molecule has 0 bridgehead atoms. The molecule has 0 aromatic heterocycles. The van der Waals surface area contributed by atoms with Crippen LogP contribution >= 0.6 is 0 Å². The van der Waals surface area contributed by atoms with E-state index in [0.717, 1.165) is 18.2 Å². The summed E-state index contributed by atoms with van der Waals surface area (Å²) in [5, 5.41) is 11.1. The number of nitrogens with one attached hydrogen (secondary N) is 1.